The first kappa shape index (κ1) is 23.1. The molecule has 9 heteroatoms. The van der Waals surface area contributed by atoms with E-state index in [1.807, 2.05) is 30.3 Å². The second-order valence-corrected chi connectivity index (χ2v) is 8.49. The molecule has 172 valence electrons. The van der Waals surface area contributed by atoms with Crippen molar-refractivity contribution < 1.29 is 28.8 Å². The van der Waals surface area contributed by atoms with Crippen LogP contribution in [0.5, 0.6) is 23.0 Å². The highest BCUT2D eigenvalue weighted by Gasteiger charge is 2.15. The van der Waals surface area contributed by atoms with Gasteiger partial charge in [-0.05, 0) is 69.5 Å². The molecule has 0 amide bonds. The lowest BCUT2D eigenvalue weighted by molar-refractivity contribution is 0.0697. The molecule has 1 aliphatic rings. The Morgan fingerprint density at radius 2 is 1.88 bits per heavy atom. The van der Waals surface area contributed by atoms with Crippen LogP contribution in [0, 0.1) is 0 Å². The minimum Gasteiger partial charge on any atom is -0.493 e. The zero-order valence-electron chi connectivity index (χ0n) is 17.7. The van der Waals surface area contributed by atoms with E-state index in [2.05, 4.69) is 21.2 Å². The summed E-state index contributed by atoms with van der Waals surface area (Å²) in [7, 11) is 1.58. The lowest BCUT2D eigenvalue weighted by Gasteiger charge is -2.19. The van der Waals surface area contributed by atoms with E-state index in [4.69, 9.17) is 35.7 Å². The first-order chi connectivity index (χ1) is 15.9. The number of anilines is 1. The van der Waals surface area contributed by atoms with E-state index in [1.165, 1.54) is 6.07 Å². The summed E-state index contributed by atoms with van der Waals surface area (Å²) in [4.78, 5) is 11.1. The summed E-state index contributed by atoms with van der Waals surface area (Å²) in [6.45, 7) is 1.88. The molecule has 0 bridgehead atoms. The number of carboxylic acid groups (broad SMARTS) is 1. The molecule has 0 radical (unpaired) electrons. The Bertz CT molecular complexity index is 1190. The summed E-state index contributed by atoms with van der Waals surface area (Å²) in [6, 6.07) is 14.3. The van der Waals surface area contributed by atoms with Crippen molar-refractivity contribution in [3.63, 3.8) is 0 Å². The van der Waals surface area contributed by atoms with Gasteiger partial charge in [0.1, 0.15) is 19.8 Å². The number of halogens is 2. The van der Waals surface area contributed by atoms with Crippen LogP contribution in [0.3, 0.4) is 0 Å². The predicted molar refractivity (Wildman–Crippen MR) is 128 cm³/mol. The van der Waals surface area contributed by atoms with Gasteiger partial charge in [0.05, 0.1) is 22.2 Å². The number of rotatable bonds is 8. The number of methoxy groups -OCH3 is 1. The summed E-state index contributed by atoms with van der Waals surface area (Å²) in [5, 5.41) is 12.5. The SMILES string of the molecule is COc1cc(CNc2ccc(C(=O)O)c(Cl)c2)cc(Br)c1OCc1ccc2c(c1)OCCO2. The molecule has 0 fully saturated rings. The Morgan fingerprint density at radius 1 is 1.09 bits per heavy atom. The molecule has 7 nitrogen and oxygen atoms in total. The number of ether oxygens (including phenoxy) is 4. The van der Waals surface area contributed by atoms with Crippen LogP contribution >= 0.6 is 27.5 Å². The molecule has 33 heavy (non-hydrogen) atoms. The van der Waals surface area contributed by atoms with Crippen LogP contribution in [0.25, 0.3) is 0 Å². The van der Waals surface area contributed by atoms with E-state index >= 15 is 0 Å². The first-order valence-electron chi connectivity index (χ1n) is 10.1. The fraction of sp³-hybridized carbons (Fsp3) is 0.208. The van der Waals surface area contributed by atoms with Crippen molar-refractivity contribution in [3.05, 3.63) is 74.7 Å². The Morgan fingerprint density at radius 3 is 2.61 bits per heavy atom. The normalized spacial score (nSPS) is 12.2. The Hall–Kier alpha value is -3.10. The number of hydrogen-bond donors (Lipinski definition) is 2. The quantitative estimate of drug-likeness (QED) is 0.379. The third-order valence-corrected chi connectivity index (χ3v) is 5.88. The summed E-state index contributed by atoms with van der Waals surface area (Å²) in [6.07, 6.45) is 0. The van der Waals surface area contributed by atoms with Gasteiger partial charge < -0.3 is 29.4 Å². The van der Waals surface area contributed by atoms with E-state index in [-0.39, 0.29) is 10.6 Å². The monoisotopic (exact) mass is 533 g/mol. The topological polar surface area (TPSA) is 86.3 Å². The average molecular weight is 535 g/mol. The van der Waals surface area contributed by atoms with E-state index in [1.54, 1.807) is 19.2 Å². The molecule has 1 heterocycles. The third kappa shape index (κ3) is 5.46. The van der Waals surface area contributed by atoms with Gasteiger partial charge in [0.15, 0.2) is 23.0 Å². The summed E-state index contributed by atoms with van der Waals surface area (Å²) in [5.41, 5.74) is 2.65. The highest BCUT2D eigenvalue weighted by molar-refractivity contribution is 9.10. The van der Waals surface area contributed by atoms with Crippen LogP contribution in [-0.2, 0) is 13.2 Å². The number of benzene rings is 3. The average Bonchev–Trinajstić information content (AvgIpc) is 2.81. The van der Waals surface area contributed by atoms with E-state index in [9.17, 15) is 4.79 Å². The fourth-order valence-electron chi connectivity index (χ4n) is 3.35. The van der Waals surface area contributed by atoms with Crippen LogP contribution in [0.1, 0.15) is 21.5 Å². The molecule has 3 aromatic rings. The Balaban J connectivity index is 1.44. The van der Waals surface area contributed by atoms with Crippen molar-refractivity contribution in [2.24, 2.45) is 0 Å². The summed E-state index contributed by atoms with van der Waals surface area (Å²) >= 11 is 9.62. The van der Waals surface area contributed by atoms with Crippen molar-refractivity contribution in [3.8, 4) is 23.0 Å². The van der Waals surface area contributed by atoms with Crippen molar-refractivity contribution in [1.29, 1.82) is 0 Å². The summed E-state index contributed by atoms with van der Waals surface area (Å²) < 4.78 is 23.5. The number of carboxylic acids is 1. The number of aromatic carboxylic acids is 1. The van der Waals surface area contributed by atoms with Crippen LogP contribution in [0.4, 0.5) is 5.69 Å². The van der Waals surface area contributed by atoms with Crippen LogP contribution < -0.4 is 24.3 Å². The molecule has 0 unspecified atom stereocenters. The van der Waals surface area contributed by atoms with Crippen molar-refractivity contribution in [2.45, 2.75) is 13.2 Å². The van der Waals surface area contributed by atoms with Crippen molar-refractivity contribution in [1.82, 2.24) is 0 Å². The van der Waals surface area contributed by atoms with E-state index in [0.717, 1.165) is 21.3 Å². The van der Waals surface area contributed by atoms with Crippen molar-refractivity contribution >= 4 is 39.2 Å². The third-order valence-electron chi connectivity index (χ3n) is 4.98. The largest absolute Gasteiger partial charge is 0.493 e. The minimum absolute atomic E-state index is 0.0612. The van der Waals surface area contributed by atoms with Gasteiger partial charge in [-0.3, -0.25) is 0 Å². The van der Waals surface area contributed by atoms with Gasteiger partial charge in [0.2, 0.25) is 0 Å². The smallest absolute Gasteiger partial charge is 0.337 e. The number of hydrogen-bond acceptors (Lipinski definition) is 6. The zero-order valence-corrected chi connectivity index (χ0v) is 20.0. The summed E-state index contributed by atoms with van der Waals surface area (Å²) in [5.74, 6) is 1.56. The lowest BCUT2D eigenvalue weighted by Crippen LogP contribution is -2.15. The second kappa shape index (κ2) is 10.2. The van der Waals surface area contributed by atoms with E-state index < -0.39 is 5.97 Å². The van der Waals surface area contributed by atoms with Crippen LogP contribution in [-0.4, -0.2) is 31.4 Å². The van der Waals surface area contributed by atoms with Gasteiger partial charge in [-0.15, -0.1) is 0 Å². The van der Waals surface area contributed by atoms with Gasteiger partial charge in [-0.2, -0.15) is 0 Å². The standard InChI is InChI=1S/C24H21BrClNO6/c1-30-22-10-15(12-27-16-3-4-17(24(28)29)19(26)11-16)8-18(25)23(22)33-13-14-2-5-20-21(9-14)32-7-6-31-20/h2-5,8-11,27H,6-7,12-13H2,1H3,(H,28,29). The second-order valence-electron chi connectivity index (χ2n) is 7.23. The van der Waals surface area contributed by atoms with Gasteiger partial charge in [-0.1, -0.05) is 17.7 Å². The molecule has 0 aromatic heterocycles. The van der Waals surface area contributed by atoms with Gasteiger partial charge in [0, 0.05) is 12.2 Å². The van der Waals surface area contributed by atoms with Gasteiger partial charge in [0.25, 0.3) is 0 Å². The molecule has 0 atom stereocenters. The zero-order chi connectivity index (χ0) is 23.4. The van der Waals surface area contributed by atoms with Gasteiger partial charge >= 0.3 is 5.97 Å². The molecule has 0 saturated carbocycles. The van der Waals surface area contributed by atoms with Crippen LogP contribution in [0.15, 0.2) is 53.0 Å². The van der Waals surface area contributed by atoms with Gasteiger partial charge in [-0.25, -0.2) is 4.79 Å². The molecular formula is C24H21BrClNO6. The molecular weight excluding hydrogens is 514 g/mol. The Labute approximate surface area is 204 Å². The fourth-order valence-corrected chi connectivity index (χ4v) is 4.22. The van der Waals surface area contributed by atoms with E-state index in [0.29, 0.717) is 49.3 Å². The molecule has 0 saturated heterocycles. The molecule has 2 N–H and O–H groups in total. The van der Waals surface area contributed by atoms with Crippen LogP contribution in [0.2, 0.25) is 5.02 Å². The molecule has 4 rings (SSSR count). The lowest BCUT2D eigenvalue weighted by atomic mass is 10.1. The highest BCUT2D eigenvalue weighted by atomic mass is 79.9. The Kier molecular flexibility index (Phi) is 7.15. The first-order valence-corrected chi connectivity index (χ1v) is 11.3. The maximum Gasteiger partial charge on any atom is 0.337 e. The highest BCUT2D eigenvalue weighted by Crippen LogP contribution is 2.38. The minimum atomic E-state index is -1.06. The molecule has 1 aliphatic heterocycles. The predicted octanol–water partition coefficient (Wildman–Crippen LogP) is 5.77. The molecule has 0 aliphatic carbocycles. The number of carbonyl (C=O) groups is 1. The van der Waals surface area contributed by atoms with Crippen molar-refractivity contribution in [2.75, 3.05) is 25.6 Å². The maximum atomic E-state index is 11.1. The number of nitrogens with one attached hydrogen (secondary N) is 1. The molecule has 3 aromatic carbocycles. The molecule has 0 spiro atoms. The maximum absolute atomic E-state index is 11.1. The number of fused-ring (bicyclic) bond motifs is 1.